The molecule has 5 N–H and O–H groups in total. The summed E-state index contributed by atoms with van der Waals surface area (Å²) in [6, 6.07) is -0.499. The van der Waals surface area contributed by atoms with E-state index in [2.05, 4.69) is 20.1 Å². The number of carbonyl (C=O) groups excluding carboxylic acids is 1. The quantitative estimate of drug-likeness (QED) is 0.615. The molecular formula is C8H10N6O2. The molecule has 0 aromatic carbocycles. The number of nitrogens with one attached hydrogen (secondary N) is 1. The molecule has 1 atom stereocenters. The molecule has 1 amide bonds. The first-order chi connectivity index (χ1) is 7.66. The molecule has 0 aliphatic heterocycles. The van der Waals surface area contributed by atoms with Crippen molar-refractivity contribution in [2.24, 2.45) is 11.5 Å². The van der Waals surface area contributed by atoms with Crippen molar-refractivity contribution in [3.63, 3.8) is 0 Å². The number of carbonyl (C=O) groups is 1. The molecule has 16 heavy (non-hydrogen) atoms. The van der Waals surface area contributed by atoms with Crippen LogP contribution in [0.3, 0.4) is 0 Å². The van der Waals surface area contributed by atoms with E-state index in [4.69, 9.17) is 16.0 Å². The Morgan fingerprint density at radius 3 is 3.00 bits per heavy atom. The van der Waals surface area contributed by atoms with Crippen LogP contribution in [0.5, 0.6) is 0 Å². The Labute approximate surface area is 90.0 Å². The van der Waals surface area contributed by atoms with Crippen LogP contribution in [0.4, 0.5) is 0 Å². The largest absolute Gasteiger partial charge is 0.363 e. The second kappa shape index (κ2) is 4.11. The first kappa shape index (κ1) is 10.3. The summed E-state index contributed by atoms with van der Waals surface area (Å²) in [5.41, 5.74) is 11.6. The Balaban J connectivity index is 2.08. The van der Waals surface area contributed by atoms with Crippen LogP contribution in [-0.2, 0) is 6.42 Å². The van der Waals surface area contributed by atoms with Crippen LogP contribution in [0.15, 0.2) is 17.0 Å². The highest BCUT2D eigenvalue weighted by Gasteiger charge is 2.17. The minimum atomic E-state index is -0.747. The Kier molecular flexibility index (Phi) is 2.64. The topological polar surface area (TPSA) is 137 Å². The summed E-state index contributed by atoms with van der Waals surface area (Å²) in [7, 11) is 0. The highest BCUT2D eigenvalue weighted by Crippen LogP contribution is 2.12. The molecule has 0 aliphatic rings. The Morgan fingerprint density at radius 2 is 2.44 bits per heavy atom. The third kappa shape index (κ3) is 2.06. The fourth-order valence-corrected chi connectivity index (χ4v) is 1.21. The van der Waals surface area contributed by atoms with Gasteiger partial charge < -0.3 is 21.0 Å². The van der Waals surface area contributed by atoms with Gasteiger partial charge in [-0.05, 0) is 0 Å². The fraction of sp³-hybridized carbons (Fsp3) is 0.250. The molecule has 2 aromatic rings. The molecule has 0 unspecified atom stereocenters. The predicted octanol–water partition coefficient (Wildman–Crippen LogP) is -0.866. The summed E-state index contributed by atoms with van der Waals surface area (Å²) in [5.74, 6) is -0.748. The molecular weight excluding hydrogens is 212 g/mol. The van der Waals surface area contributed by atoms with E-state index in [0.717, 1.165) is 5.69 Å². The van der Waals surface area contributed by atoms with Gasteiger partial charge in [-0.2, -0.15) is 4.98 Å². The molecule has 2 aromatic heterocycles. The molecule has 0 bridgehead atoms. The summed E-state index contributed by atoms with van der Waals surface area (Å²) in [4.78, 5) is 21.3. The van der Waals surface area contributed by atoms with Crippen molar-refractivity contribution in [1.82, 2.24) is 20.1 Å². The van der Waals surface area contributed by atoms with Gasteiger partial charge in [0.25, 0.3) is 11.7 Å². The first-order valence-corrected chi connectivity index (χ1v) is 4.53. The number of rotatable bonds is 4. The second-order valence-corrected chi connectivity index (χ2v) is 3.21. The number of H-pyrrole nitrogens is 1. The lowest BCUT2D eigenvalue weighted by Gasteiger charge is -2.03. The standard InChI is InChI=1S/C8H10N6O2/c9-5(1-4-2-11-3-12-4)8-13-7(6(10)15)14-16-8/h2-3,5H,1,9H2,(H2,10,15)(H,11,12)/t5-/m0/s1. The first-order valence-electron chi connectivity index (χ1n) is 4.53. The predicted molar refractivity (Wildman–Crippen MR) is 52.0 cm³/mol. The van der Waals surface area contributed by atoms with Crippen molar-refractivity contribution < 1.29 is 9.32 Å². The van der Waals surface area contributed by atoms with E-state index in [9.17, 15) is 4.79 Å². The van der Waals surface area contributed by atoms with Gasteiger partial charge in [-0.3, -0.25) is 4.79 Å². The van der Waals surface area contributed by atoms with Gasteiger partial charge in [0, 0.05) is 18.3 Å². The summed E-state index contributed by atoms with van der Waals surface area (Å²) >= 11 is 0. The van der Waals surface area contributed by atoms with Crippen LogP contribution >= 0.6 is 0 Å². The van der Waals surface area contributed by atoms with Crippen molar-refractivity contribution in [2.45, 2.75) is 12.5 Å². The summed E-state index contributed by atoms with van der Waals surface area (Å²) in [5, 5.41) is 3.40. The van der Waals surface area contributed by atoms with Crippen LogP contribution in [-0.4, -0.2) is 26.0 Å². The molecule has 0 saturated carbocycles. The number of hydrogen-bond acceptors (Lipinski definition) is 6. The summed E-state index contributed by atoms with van der Waals surface area (Å²) in [6.07, 6.45) is 3.65. The molecule has 0 spiro atoms. The van der Waals surface area contributed by atoms with Crippen LogP contribution in [0.2, 0.25) is 0 Å². The third-order valence-corrected chi connectivity index (χ3v) is 1.97. The van der Waals surface area contributed by atoms with E-state index in [1.54, 1.807) is 12.5 Å². The Bertz CT molecular complexity index is 476. The molecule has 84 valence electrons. The molecule has 8 heteroatoms. The Hall–Kier alpha value is -2.22. The second-order valence-electron chi connectivity index (χ2n) is 3.21. The van der Waals surface area contributed by atoms with Crippen LogP contribution in [0.25, 0.3) is 0 Å². The molecule has 2 rings (SSSR count). The molecule has 0 aliphatic carbocycles. The maximum Gasteiger partial charge on any atom is 0.290 e. The van der Waals surface area contributed by atoms with Gasteiger partial charge in [-0.1, -0.05) is 5.16 Å². The number of amides is 1. The SMILES string of the molecule is NC(=O)c1noc([C@@H](N)Cc2cnc[nH]2)n1. The van der Waals surface area contributed by atoms with Crippen molar-refractivity contribution in [2.75, 3.05) is 0 Å². The highest BCUT2D eigenvalue weighted by molar-refractivity contribution is 5.88. The average molecular weight is 222 g/mol. The number of hydrogen-bond donors (Lipinski definition) is 3. The van der Waals surface area contributed by atoms with Crippen LogP contribution in [0, 0.1) is 0 Å². The Morgan fingerprint density at radius 1 is 1.62 bits per heavy atom. The minimum Gasteiger partial charge on any atom is -0.363 e. The van der Waals surface area contributed by atoms with Crippen LogP contribution in [0.1, 0.15) is 28.2 Å². The van der Waals surface area contributed by atoms with E-state index in [1.807, 2.05) is 0 Å². The molecule has 0 radical (unpaired) electrons. The van der Waals surface area contributed by atoms with Crippen molar-refractivity contribution in [3.8, 4) is 0 Å². The van der Waals surface area contributed by atoms with Crippen LogP contribution < -0.4 is 11.5 Å². The third-order valence-electron chi connectivity index (χ3n) is 1.97. The van der Waals surface area contributed by atoms with Gasteiger partial charge in [0.2, 0.25) is 5.89 Å². The number of nitrogens with two attached hydrogens (primary N) is 2. The van der Waals surface area contributed by atoms with E-state index < -0.39 is 11.9 Å². The van der Waals surface area contributed by atoms with E-state index in [0.29, 0.717) is 6.42 Å². The van der Waals surface area contributed by atoms with Crippen molar-refractivity contribution in [3.05, 3.63) is 29.9 Å². The molecule has 2 heterocycles. The van der Waals surface area contributed by atoms with E-state index >= 15 is 0 Å². The van der Waals surface area contributed by atoms with Gasteiger partial charge >= 0.3 is 0 Å². The monoisotopic (exact) mass is 222 g/mol. The fourth-order valence-electron chi connectivity index (χ4n) is 1.21. The molecule has 0 saturated heterocycles. The van der Waals surface area contributed by atoms with Gasteiger partial charge in [0.05, 0.1) is 12.4 Å². The maximum atomic E-state index is 10.7. The zero-order valence-corrected chi connectivity index (χ0v) is 8.25. The highest BCUT2D eigenvalue weighted by atomic mass is 16.5. The lowest BCUT2D eigenvalue weighted by Crippen LogP contribution is -2.16. The summed E-state index contributed by atoms with van der Waals surface area (Å²) < 4.78 is 4.82. The zero-order chi connectivity index (χ0) is 11.5. The molecule has 8 nitrogen and oxygen atoms in total. The van der Waals surface area contributed by atoms with Gasteiger partial charge in [-0.15, -0.1) is 0 Å². The lowest BCUT2D eigenvalue weighted by molar-refractivity contribution is 0.0987. The normalized spacial score (nSPS) is 12.6. The zero-order valence-electron chi connectivity index (χ0n) is 8.25. The molecule has 0 fully saturated rings. The van der Waals surface area contributed by atoms with E-state index in [1.165, 1.54) is 0 Å². The van der Waals surface area contributed by atoms with Crippen molar-refractivity contribution >= 4 is 5.91 Å². The number of aromatic nitrogens is 4. The van der Waals surface area contributed by atoms with Crippen molar-refractivity contribution in [1.29, 1.82) is 0 Å². The van der Waals surface area contributed by atoms with Gasteiger partial charge in [-0.25, -0.2) is 4.98 Å². The minimum absolute atomic E-state index is 0.170. The number of aromatic amines is 1. The maximum absolute atomic E-state index is 10.7. The number of primary amides is 1. The van der Waals surface area contributed by atoms with Gasteiger partial charge in [0.15, 0.2) is 0 Å². The van der Waals surface area contributed by atoms with E-state index in [-0.39, 0.29) is 11.7 Å². The van der Waals surface area contributed by atoms with Gasteiger partial charge in [0.1, 0.15) is 0 Å². The smallest absolute Gasteiger partial charge is 0.290 e. The lowest BCUT2D eigenvalue weighted by atomic mass is 10.2. The number of nitrogens with zero attached hydrogens (tertiary/aromatic N) is 3. The summed E-state index contributed by atoms with van der Waals surface area (Å²) in [6.45, 7) is 0. The average Bonchev–Trinajstić information content (AvgIpc) is 2.86. The number of imidazole rings is 1.